The third-order valence-corrected chi connectivity index (χ3v) is 4.89. The van der Waals surface area contributed by atoms with Crippen LogP contribution in [0, 0.1) is 0 Å². The number of carbonyl (C=O) groups excluding carboxylic acids is 2. The molecule has 1 amide bonds. The van der Waals surface area contributed by atoms with E-state index in [0.29, 0.717) is 22.7 Å². The van der Waals surface area contributed by atoms with E-state index in [9.17, 15) is 9.59 Å². The van der Waals surface area contributed by atoms with E-state index < -0.39 is 5.97 Å². The van der Waals surface area contributed by atoms with Crippen molar-refractivity contribution < 1.29 is 19.1 Å². The molecule has 1 N–H and O–H groups in total. The van der Waals surface area contributed by atoms with Crippen LogP contribution in [0.15, 0.2) is 42.6 Å². The Morgan fingerprint density at radius 2 is 2.08 bits per heavy atom. The molecular formula is C18H18N2O4S. The second-order valence-electron chi connectivity index (χ2n) is 5.48. The highest BCUT2D eigenvalue weighted by molar-refractivity contribution is 7.99. The highest BCUT2D eigenvalue weighted by Gasteiger charge is 2.18. The van der Waals surface area contributed by atoms with E-state index in [-0.39, 0.29) is 12.0 Å². The SMILES string of the molecule is COC(=O)c1ccccc1NC(=O)c1ccc(OC2CCSC2)nc1. The van der Waals surface area contributed by atoms with Crippen LogP contribution in [0.5, 0.6) is 5.88 Å². The van der Waals surface area contributed by atoms with Gasteiger partial charge in [0, 0.05) is 18.0 Å². The minimum absolute atomic E-state index is 0.184. The van der Waals surface area contributed by atoms with Crippen molar-refractivity contribution in [2.45, 2.75) is 12.5 Å². The fourth-order valence-electron chi connectivity index (χ4n) is 2.44. The smallest absolute Gasteiger partial charge is 0.339 e. The number of para-hydroxylation sites is 1. The summed E-state index contributed by atoms with van der Waals surface area (Å²) in [5.41, 5.74) is 1.07. The van der Waals surface area contributed by atoms with Crippen molar-refractivity contribution in [1.82, 2.24) is 4.98 Å². The first kappa shape index (κ1) is 17.3. The van der Waals surface area contributed by atoms with Crippen molar-refractivity contribution in [1.29, 1.82) is 0 Å². The molecule has 0 radical (unpaired) electrons. The predicted molar refractivity (Wildman–Crippen MR) is 96.3 cm³/mol. The number of hydrogen-bond donors (Lipinski definition) is 1. The number of anilines is 1. The average molecular weight is 358 g/mol. The van der Waals surface area contributed by atoms with Gasteiger partial charge >= 0.3 is 5.97 Å². The van der Waals surface area contributed by atoms with Crippen molar-refractivity contribution in [2.24, 2.45) is 0 Å². The van der Waals surface area contributed by atoms with E-state index in [1.54, 1.807) is 36.4 Å². The summed E-state index contributed by atoms with van der Waals surface area (Å²) < 4.78 is 10.5. The molecule has 2 heterocycles. The summed E-state index contributed by atoms with van der Waals surface area (Å²) in [6.07, 6.45) is 2.66. The third kappa shape index (κ3) is 4.30. The van der Waals surface area contributed by atoms with Crippen LogP contribution >= 0.6 is 11.8 Å². The molecule has 25 heavy (non-hydrogen) atoms. The van der Waals surface area contributed by atoms with Gasteiger partial charge in [0.1, 0.15) is 6.10 Å². The molecule has 6 nitrogen and oxygen atoms in total. The zero-order valence-electron chi connectivity index (χ0n) is 13.7. The Hall–Kier alpha value is -2.54. The lowest BCUT2D eigenvalue weighted by Crippen LogP contribution is -2.17. The van der Waals surface area contributed by atoms with Gasteiger partial charge in [0.25, 0.3) is 5.91 Å². The molecule has 7 heteroatoms. The number of thioether (sulfide) groups is 1. The predicted octanol–water partition coefficient (Wildman–Crippen LogP) is 3.00. The lowest BCUT2D eigenvalue weighted by atomic mass is 10.1. The molecule has 2 aromatic rings. The van der Waals surface area contributed by atoms with Crippen LogP contribution in [0.4, 0.5) is 5.69 Å². The minimum Gasteiger partial charge on any atom is -0.473 e. The molecule has 1 fully saturated rings. The molecule has 1 atom stereocenters. The van der Waals surface area contributed by atoms with Gasteiger partial charge < -0.3 is 14.8 Å². The Kier molecular flexibility index (Phi) is 5.55. The quantitative estimate of drug-likeness (QED) is 0.828. The molecule has 1 aromatic carbocycles. The number of amides is 1. The molecule has 0 spiro atoms. The minimum atomic E-state index is -0.507. The van der Waals surface area contributed by atoms with E-state index in [0.717, 1.165) is 17.9 Å². The van der Waals surface area contributed by atoms with E-state index >= 15 is 0 Å². The number of nitrogens with zero attached hydrogens (tertiary/aromatic N) is 1. The second-order valence-corrected chi connectivity index (χ2v) is 6.63. The number of benzene rings is 1. The number of aromatic nitrogens is 1. The van der Waals surface area contributed by atoms with Gasteiger partial charge in [-0.2, -0.15) is 11.8 Å². The fourth-order valence-corrected chi connectivity index (χ4v) is 3.53. The van der Waals surface area contributed by atoms with Crippen LogP contribution in [0.25, 0.3) is 0 Å². The van der Waals surface area contributed by atoms with Gasteiger partial charge in [0.15, 0.2) is 0 Å². The highest BCUT2D eigenvalue weighted by Crippen LogP contribution is 2.22. The molecular weight excluding hydrogens is 340 g/mol. The molecule has 1 unspecified atom stereocenters. The zero-order chi connectivity index (χ0) is 17.6. The van der Waals surface area contributed by atoms with E-state index in [4.69, 9.17) is 9.47 Å². The van der Waals surface area contributed by atoms with E-state index in [1.807, 2.05) is 11.8 Å². The van der Waals surface area contributed by atoms with Gasteiger partial charge in [0.2, 0.25) is 5.88 Å². The number of hydrogen-bond acceptors (Lipinski definition) is 6. The van der Waals surface area contributed by atoms with Crippen molar-refractivity contribution in [2.75, 3.05) is 23.9 Å². The standard InChI is InChI=1S/C18H18N2O4S/c1-23-18(22)14-4-2-3-5-15(14)20-17(21)12-6-7-16(19-10-12)24-13-8-9-25-11-13/h2-7,10,13H,8-9,11H2,1H3,(H,20,21). The Balaban J connectivity index is 1.68. The summed E-state index contributed by atoms with van der Waals surface area (Å²) in [5.74, 6) is 1.72. The van der Waals surface area contributed by atoms with E-state index in [1.165, 1.54) is 13.3 Å². The summed E-state index contributed by atoms with van der Waals surface area (Å²) in [7, 11) is 1.30. The highest BCUT2D eigenvalue weighted by atomic mass is 32.2. The van der Waals surface area contributed by atoms with Gasteiger partial charge in [-0.15, -0.1) is 0 Å². The molecule has 1 saturated heterocycles. The van der Waals surface area contributed by atoms with Crippen molar-refractivity contribution in [3.05, 3.63) is 53.7 Å². The number of rotatable bonds is 5. The Morgan fingerprint density at radius 3 is 2.76 bits per heavy atom. The van der Waals surface area contributed by atoms with Crippen molar-refractivity contribution in [3.63, 3.8) is 0 Å². The normalized spacial score (nSPS) is 16.3. The number of ether oxygens (including phenoxy) is 2. The fraction of sp³-hybridized carbons (Fsp3) is 0.278. The van der Waals surface area contributed by atoms with Crippen LogP contribution in [0.3, 0.4) is 0 Å². The number of methoxy groups -OCH3 is 1. The van der Waals surface area contributed by atoms with Gasteiger partial charge in [-0.05, 0) is 30.4 Å². The maximum absolute atomic E-state index is 12.4. The monoisotopic (exact) mass is 358 g/mol. The zero-order valence-corrected chi connectivity index (χ0v) is 14.5. The Morgan fingerprint density at radius 1 is 1.24 bits per heavy atom. The molecule has 1 aliphatic heterocycles. The molecule has 1 aliphatic rings. The van der Waals surface area contributed by atoms with Gasteiger partial charge in [-0.3, -0.25) is 4.79 Å². The van der Waals surface area contributed by atoms with E-state index in [2.05, 4.69) is 10.3 Å². The van der Waals surface area contributed by atoms with Crippen LogP contribution in [0.2, 0.25) is 0 Å². The van der Waals surface area contributed by atoms with Crippen LogP contribution in [-0.2, 0) is 4.74 Å². The van der Waals surface area contributed by atoms with Crippen molar-refractivity contribution >= 4 is 29.3 Å². The van der Waals surface area contributed by atoms with Crippen molar-refractivity contribution in [3.8, 4) is 5.88 Å². The van der Waals surface area contributed by atoms with Gasteiger partial charge in [0.05, 0.1) is 23.9 Å². The van der Waals surface area contributed by atoms with Crippen LogP contribution in [-0.4, -0.2) is 41.6 Å². The number of pyridine rings is 1. The summed E-state index contributed by atoms with van der Waals surface area (Å²) in [6.45, 7) is 0. The maximum atomic E-state index is 12.4. The lowest BCUT2D eigenvalue weighted by molar-refractivity contribution is 0.0602. The molecule has 130 valence electrons. The first-order valence-electron chi connectivity index (χ1n) is 7.86. The maximum Gasteiger partial charge on any atom is 0.339 e. The first-order valence-corrected chi connectivity index (χ1v) is 9.02. The number of carbonyl (C=O) groups is 2. The van der Waals surface area contributed by atoms with Crippen LogP contribution < -0.4 is 10.1 Å². The molecule has 0 bridgehead atoms. The lowest BCUT2D eigenvalue weighted by Gasteiger charge is -2.12. The van der Waals surface area contributed by atoms with Gasteiger partial charge in [-0.1, -0.05) is 12.1 Å². The largest absolute Gasteiger partial charge is 0.473 e. The second kappa shape index (κ2) is 8.02. The Bertz CT molecular complexity index is 758. The number of esters is 1. The molecule has 3 rings (SSSR count). The molecule has 0 saturated carbocycles. The first-order chi connectivity index (χ1) is 12.2. The summed E-state index contributed by atoms with van der Waals surface area (Å²) in [4.78, 5) is 28.3. The molecule has 0 aliphatic carbocycles. The third-order valence-electron chi connectivity index (χ3n) is 3.75. The summed E-state index contributed by atoms with van der Waals surface area (Å²) in [5, 5.41) is 2.71. The van der Waals surface area contributed by atoms with Gasteiger partial charge in [-0.25, -0.2) is 9.78 Å². The average Bonchev–Trinajstić information content (AvgIpc) is 3.15. The summed E-state index contributed by atoms with van der Waals surface area (Å²) in [6, 6.07) is 10.0. The topological polar surface area (TPSA) is 77.5 Å². The van der Waals surface area contributed by atoms with Crippen LogP contribution in [0.1, 0.15) is 27.1 Å². The number of nitrogens with one attached hydrogen (secondary N) is 1. The summed E-state index contributed by atoms with van der Waals surface area (Å²) >= 11 is 1.86. The Labute approximate surface area is 149 Å². The molecule has 1 aromatic heterocycles.